The van der Waals surface area contributed by atoms with Gasteiger partial charge in [0.1, 0.15) is 11.6 Å². The van der Waals surface area contributed by atoms with Crippen LogP contribution in [-0.4, -0.2) is 176 Å². The fraction of sp³-hybridized carbons (Fsp3) is 0.333. The first-order valence-corrected chi connectivity index (χ1v) is 19.3. The monoisotopic (exact) mass is 1180 g/mol. The quantitative estimate of drug-likeness (QED) is 0.108. The second-order valence-electron chi connectivity index (χ2n) is 14.6. The molecule has 7 rings (SSSR count). The van der Waals surface area contributed by atoms with Crippen LogP contribution >= 0.6 is 0 Å². The van der Waals surface area contributed by atoms with E-state index in [1.165, 1.54) is 22.2 Å². The number of pyridine rings is 2. The number of nitrogens with zero attached hydrogens (tertiary/aromatic N) is 4. The molecule has 0 unspecified atom stereocenters. The molecule has 2 aliphatic heterocycles. The molecule has 1 radical (unpaired) electrons. The number of fused-ring (bicyclic) bond motifs is 2. The van der Waals surface area contributed by atoms with Gasteiger partial charge < -0.3 is 156 Å². The zero-order valence-electron chi connectivity index (χ0n) is 42.0. The molecule has 35 heteroatoms. The zero-order chi connectivity index (χ0) is 44.0. The number of rotatable bonds is 8. The third-order valence-electron chi connectivity index (χ3n) is 10.7. The van der Waals surface area contributed by atoms with Crippen LogP contribution in [0.3, 0.4) is 0 Å². The van der Waals surface area contributed by atoms with Crippen LogP contribution in [0.2, 0.25) is 0 Å². The molecule has 0 aliphatic carbocycles. The smallest absolute Gasteiger partial charge is 0.545 e. The summed E-state index contributed by atoms with van der Waals surface area (Å²) < 4.78 is 32.5. The Morgan fingerprint density at radius 3 is 0.935 bits per heavy atom. The van der Waals surface area contributed by atoms with Gasteiger partial charge in [0, 0.05) is 36.3 Å². The van der Waals surface area contributed by atoms with Crippen molar-refractivity contribution in [2.45, 2.75) is 26.9 Å². The third kappa shape index (κ3) is 23.6. The number of halogens is 2. The summed E-state index contributed by atoms with van der Waals surface area (Å²) in [5.74, 6) is -6.76. The van der Waals surface area contributed by atoms with Crippen molar-refractivity contribution < 1.29 is 163 Å². The number of anilines is 2. The summed E-state index contributed by atoms with van der Waals surface area (Å²) in [5, 5.41) is 42.8. The molecule has 4 heterocycles. The van der Waals surface area contributed by atoms with Gasteiger partial charge in [0.2, 0.25) is 0 Å². The van der Waals surface area contributed by atoms with Gasteiger partial charge in [-0.3, -0.25) is 9.59 Å². The first-order chi connectivity index (χ1) is 28.4. The maximum atomic E-state index is 14.6. The van der Waals surface area contributed by atoms with Crippen LogP contribution in [0.4, 0.5) is 20.2 Å². The summed E-state index contributed by atoms with van der Waals surface area (Å²) >= 11 is 0. The summed E-state index contributed by atoms with van der Waals surface area (Å²) in [6.45, 7) is 11.2. The van der Waals surface area contributed by atoms with Gasteiger partial charge in [-0.05, 0) is 49.2 Å². The Balaban J connectivity index is -0.0000000678. The van der Waals surface area contributed by atoms with Crippen LogP contribution in [0, 0.1) is 11.6 Å². The van der Waals surface area contributed by atoms with Crippen LogP contribution in [0.15, 0.2) is 70.5 Å². The number of carboxylic acids is 4. The first kappa shape index (κ1) is 103. The number of piperazine rings is 2. The van der Waals surface area contributed by atoms with Crippen molar-refractivity contribution in [3.63, 3.8) is 0 Å². The summed E-state index contributed by atoms with van der Waals surface area (Å²) in [7, 11) is 4.20. The van der Waals surface area contributed by atoms with E-state index in [-0.39, 0.29) is 127 Å². The molecule has 32 nitrogen and oxygen atoms in total. The number of hydrogen-bond donors (Lipinski definition) is 2. The molecule has 5 aromatic rings. The number of carbonyl (C=O) groups is 4. The van der Waals surface area contributed by atoms with Crippen molar-refractivity contribution in [3.05, 3.63) is 115 Å². The van der Waals surface area contributed by atoms with Gasteiger partial charge in [-0.15, -0.1) is 0 Å². The summed E-state index contributed by atoms with van der Waals surface area (Å²) in [6.07, 6.45) is 2.55. The van der Waals surface area contributed by atoms with Crippen LogP contribution in [0.1, 0.15) is 55.3 Å². The van der Waals surface area contributed by atoms with E-state index in [0.29, 0.717) is 35.5 Å². The molecule has 0 atom stereocenters. The second kappa shape index (κ2) is 44.4. The maximum Gasteiger partial charge on any atom is 2.00 e. The summed E-state index contributed by atoms with van der Waals surface area (Å²) in [6, 6.07) is 10.2. The van der Waals surface area contributed by atoms with E-state index in [1.807, 2.05) is 23.6 Å². The van der Waals surface area contributed by atoms with Gasteiger partial charge in [0.05, 0.1) is 124 Å². The van der Waals surface area contributed by atoms with E-state index in [4.69, 9.17) is 0 Å². The maximum absolute atomic E-state index is 14.6. The van der Waals surface area contributed by atoms with E-state index in [0.717, 1.165) is 88.8 Å². The number of aryl methyl sites for hydroxylation is 2. The Labute approximate surface area is 446 Å². The van der Waals surface area contributed by atoms with E-state index in [9.17, 15) is 58.0 Å². The molecule has 3 aromatic carbocycles. The van der Waals surface area contributed by atoms with Gasteiger partial charge in [-0.25, -0.2) is 8.78 Å². The van der Waals surface area contributed by atoms with Crippen molar-refractivity contribution >= 4 is 57.1 Å². The second-order valence-corrected chi connectivity index (χ2v) is 14.6. The average molecular weight is 1180 g/mol. The van der Waals surface area contributed by atoms with Crippen molar-refractivity contribution in [2.75, 3.05) is 76.3 Å². The fourth-order valence-corrected chi connectivity index (χ4v) is 7.10. The van der Waals surface area contributed by atoms with Crippen molar-refractivity contribution in [1.82, 2.24) is 9.13 Å². The van der Waals surface area contributed by atoms with Crippen LogP contribution < -0.4 is 50.9 Å². The molecule has 77 heavy (non-hydrogen) atoms. The zero-order valence-corrected chi connectivity index (χ0v) is 43.2. The van der Waals surface area contributed by atoms with Gasteiger partial charge in [0.15, 0.2) is 10.9 Å². The molecule has 0 bridgehead atoms. The number of benzene rings is 3. The largest absolute Gasteiger partial charge is 2.00 e. The number of nitrogens with one attached hydrogen (secondary N) is 2. The molecule has 0 spiro atoms. The Hall–Kier alpha value is -6.78. The standard InChI is InChI=1S/2C17H20FN3O3.C8H6O4.Mn.16H2O/c2*1-3-20-10-12(17(23)24)16(22)11-8-13(18)15(9-14(11)20)21-6-4-19(2)5-7-21;9-7(10)5-1-2-6(4-3-5)8(11)12;;;;;;;;;;;;;;;;;/h2*8-10H,3-7H2,1-2H3,(H,23,24);1-4H,(H,9,10)(H,11,12);;16*1H2/q;;;+2;;;;;;;;;;;;;;;;. The van der Waals surface area contributed by atoms with Gasteiger partial charge in [0.25, 0.3) is 0 Å². The Bertz CT molecular complexity index is 2420. The van der Waals surface area contributed by atoms with Crippen LogP contribution in [-0.2, 0) is 41.1 Å². The number of quaternary nitrogens is 2. The molecule has 451 valence electrons. The summed E-state index contributed by atoms with van der Waals surface area (Å²) in [4.78, 5) is 74.0. The van der Waals surface area contributed by atoms with Crippen molar-refractivity contribution in [2.24, 2.45) is 0 Å². The molecule has 2 saturated heterocycles. The molecule has 2 fully saturated rings. The molecule has 2 aromatic heterocycles. The molecule has 36 N–H and O–H groups in total. The number of carboxylic acid groups (broad SMARTS) is 4. The minimum absolute atomic E-state index is 0. The number of aromatic carboxylic acids is 4. The Morgan fingerprint density at radius 1 is 0.481 bits per heavy atom. The number of hydrogen-bond acceptors (Lipinski definition) is 12. The van der Waals surface area contributed by atoms with Gasteiger partial charge in [-0.1, -0.05) is 24.3 Å². The van der Waals surface area contributed by atoms with E-state index >= 15 is 0 Å². The SMILES string of the molecule is CCn1cc(C(=O)[O-])c(=O)c2cc(F)c(N3CC[NH+](C)CC3)cc21.CCn1cc(C(=O)[O-])c(=O)c2cc(F)c(N3CC[NH+](C)CC3)cc21.O.O.O.O.O.O.O.O.O.O.O.O.O.O.O=C([O-])c1ccc(C(=O)[O-])cc1.[Mn+2].[OH3+].[OH3+]. The minimum atomic E-state index is -1.55. The predicted molar refractivity (Wildman–Crippen MR) is 269 cm³/mol. The summed E-state index contributed by atoms with van der Waals surface area (Å²) in [5.41, 5.74) is -0.425. The van der Waals surface area contributed by atoms with Gasteiger partial charge >= 0.3 is 17.1 Å². The molecule has 0 saturated carbocycles. The van der Waals surface area contributed by atoms with E-state index < -0.39 is 57.5 Å². The van der Waals surface area contributed by atoms with Crippen molar-refractivity contribution in [3.8, 4) is 0 Å². The molecule has 2 aliphatic rings. The third-order valence-corrected chi connectivity index (χ3v) is 10.7. The minimum Gasteiger partial charge on any atom is -0.545 e. The molecular weight excluding hydrogens is 1100 g/mol. The first-order valence-electron chi connectivity index (χ1n) is 19.3. The number of likely N-dealkylation sites (N-methyl/N-ethyl adjacent to an activating group) is 2. The Kier molecular flexibility index (Phi) is 59.2. The number of carbonyl (C=O) groups excluding carboxylic acids is 4. The average Bonchev–Trinajstić information content (AvgIpc) is 3.22. The van der Waals surface area contributed by atoms with Gasteiger partial charge in [-0.2, -0.15) is 0 Å². The van der Waals surface area contributed by atoms with Crippen molar-refractivity contribution in [1.29, 1.82) is 0 Å². The van der Waals surface area contributed by atoms with Crippen LogP contribution in [0.25, 0.3) is 21.8 Å². The van der Waals surface area contributed by atoms with E-state index in [1.54, 1.807) is 21.3 Å². The normalized spacial score (nSPS) is 11.4. The molecule has 0 amide bonds. The predicted octanol–water partition coefficient (Wildman–Crippen LogP) is -17.3. The number of aromatic nitrogens is 2. The molecular formula is C42H78F2MnN6O26+2. The topological polar surface area (TPSA) is 727 Å². The fourth-order valence-electron chi connectivity index (χ4n) is 7.10. The van der Waals surface area contributed by atoms with Crippen LogP contribution in [0.5, 0.6) is 0 Å². The van der Waals surface area contributed by atoms with E-state index in [2.05, 4.69) is 14.1 Å². The Morgan fingerprint density at radius 2 is 0.727 bits per heavy atom.